The number of aromatic nitrogens is 1. The lowest BCUT2D eigenvalue weighted by Gasteiger charge is -1.89. The molecule has 1 aromatic heterocycles. The van der Waals surface area contributed by atoms with Gasteiger partial charge in [0.05, 0.1) is 5.38 Å². The lowest BCUT2D eigenvalue weighted by molar-refractivity contribution is -0.694. The van der Waals surface area contributed by atoms with Crippen LogP contribution in [0.1, 0.15) is 23.1 Å². The monoisotopic (exact) mass is 172 g/mol. The molecule has 0 fully saturated rings. The molecule has 11 heavy (non-hydrogen) atoms. The van der Waals surface area contributed by atoms with Gasteiger partial charge in [0.25, 0.3) is 0 Å². The van der Waals surface area contributed by atoms with E-state index < -0.39 is 5.97 Å². The van der Waals surface area contributed by atoms with Crippen molar-refractivity contribution in [2.75, 3.05) is 0 Å². The molecule has 0 unspecified atom stereocenters. The predicted molar refractivity (Wildman–Crippen MR) is 41.8 cm³/mol. The molecular formula is C7H10NO2S+. The van der Waals surface area contributed by atoms with E-state index in [1.807, 2.05) is 6.92 Å². The summed E-state index contributed by atoms with van der Waals surface area (Å²) in [6.45, 7) is 2.81. The van der Waals surface area contributed by atoms with Gasteiger partial charge < -0.3 is 5.11 Å². The SMILES string of the molecule is CCC[n+]1ccsc1C(=O)O. The van der Waals surface area contributed by atoms with Crippen LogP contribution in [0.5, 0.6) is 0 Å². The minimum Gasteiger partial charge on any atom is -0.473 e. The van der Waals surface area contributed by atoms with E-state index in [4.69, 9.17) is 5.11 Å². The van der Waals surface area contributed by atoms with Crippen LogP contribution < -0.4 is 4.57 Å². The third kappa shape index (κ3) is 1.77. The van der Waals surface area contributed by atoms with Crippen LogP contribution in [0.15, 0.2) is 11.6 Å². The van der Waals surface area contributed by atoms with Crippen LogP contribution >= 0.6 is 11.3 Å². The van der Waals surface area contributed by atoms with Crippen molar-refractivity contribution in [1.29, 1.82) is 0 Å². The van der Waals surface area contributed by atoms with E-state index in [2.05, 4.69) is 0 Å². The van der Waals surface area contributed by atoms with Gasteiger partial charge >= 0.3 is 11.0 Å². The molecule has 4 heteroatoms. The van der Waals surface area contributed by atoms with Crippen molar-refractivity contribution in [1.82, 2.24) is 0 Å². The van der Waals surface area contributed by atoms with E-state index in [0.717, 1.165) is 13.0 Å². The highest BCUT2D eigenvalue weighted by atomic mass is 32.1. The van der Waals surface area contributed by atoms with Crippen LogP contribution in [0.2, 0.25) is 0 Å². The average Bonchev–Trinajstić information content (AvgIpc) is 2.36. The van der Waals surface area contributed by atoms with Gasteiger partial charge in [0.2, 0.25) is 0 Å². The molecule has 0 spiro atoms. The minimum absolute atomic E-state index is 0.409. The Kier molecular flexibility index (Phi) is 2.59. The fourth-order valence-corrected chi connectivity index (χ4v) is 1.62. The molecule has 1 aromatic rings. The molecule has 0 saturated carbocycles. The highest BCUT2D eigenvalue weighted by Crippen LogP contribution is 2.01. The minimum atomic E-state index is -0.839. The zero-order valence-electron chi connectivity index (χ0n) is 6.28. The Morgan fingerprint density at radius 1 is 1.82 bits per heavy atom. The van der Waals surface area contributed by atoms with Crippen LogP contribution in [0.3, 0.4) is 0 Å². The Bertz CT molecular complexity index is 257. The summed E-state index contributed by atoms with van der Waals surface area (Å²) in [5.74, 6) is -0.839. The lowest BCUT2D eigenvalue weighted by Crippen LogP contribution is -2.36. The zero-order chi connectivity index (χ0) is 8.27. The molecule has 0 atom stereocenters. The van der Waals surface area contributed by atoms with Gasteiger partial charge in [0, 0.05) is 6.42 Å². The average molecular weight is 172 g/mol. The first-order valence-electron chi connectivity index (χ1n) is 3.46. The summed E-state index contributed by atoms with van der Waals surface area (Å²) in [5.41, 5.74) is 0. The normalized spacial score (nSPS) is 9.91. The summed E-state index contributed by atoms with van der Waals surface area (Å²) in [6.07, 6.45) is 2.76. The molecule has 3 nitrogen and oxygen atoms in total. The standard InChI is InChI=1S/C7H9NO2S/c1-2-3-8-4-5-11-6(8)7(9)10/h4-5H,2-3H2,1H3/p+1. The number of aromatic carboxylic acids is 1. The number of thiazole rings is 1. The first-order valence-corrected chi connectivity index (χ1v) is 4.34. The molecule has 1 heterocycles. The maximum atomic E-state index is 10.5. The van der Waals surface area contributed by atoms with Gasteiger partial charge in [0.15, 0.2) is 6.20 Å². The largest absolute Gasteiger partial charge is 0.473 e. The van der Waals surface area contributed by atoms with E-state index in [-0.39, 0.29) is 0 Å². The Hall–Kier alpha value is -0.900. The van der Waals surface area contributed by atoms with Crippen molar-refractivity contribution in [2.24, 2.45) is 0 Å². The van der Waals surface area contributed by atoms with Crippen molar-refractivity contribution >= 4 is 17.3 Å². The molecule has 0 aromatic carbocycles. The van der Waals surface area contributed by atoms with Gasteiger partial charge in [-0.15, -0.1) is 0 Å². The number of hydrogen-bond donors (Lipinski definition) is 1. The van der Waals surface area contributed by atoms with E-state index >= 15 is 0 Å². The first kappa shape index (κ1) is 8.20. The van der Waals surface area contributed by atoms with E-state index in [0.29, 0.717) is 5.01 Å². The Labute approximate surface area is 68.9 Å². The summed E-state index contributed by atoms with van der Waals surface area (Å²) in [6, 6.07) is 0. The Morgan fingerprint density at radius 2 is 2.55 bits per heavy atom. The van der Waals surface area contributed by atoms with Gasteiger partial charge in [-0.05, 0) is 0 Å². The lowest BCUT2D eigenvalue weighted by atomic mass is 10.5. The summed E-state index contributed by atoms with van der Waals surface area (Å²) >= 11 is 1.26. The van der Waals surface area contributed by atoms with Crippen LogP contribution in [0.25, 0.3) is 0 Å². The van der Waals surface area contributed by atoms with Crippen LogP contribution in [0, 0.1) is 0 Å². The predicted octanol–water partition coefficient (Wildman–Crippen LogP) is 1.14. The second-order valence-electron chi connectivity index (χ2n) is 2.21. The first-order chi connectivity index (χ1) is 5.25. The topological polar surface area (TPSA) is 41.2 Å². The zero-order valence-corrected chi connectivity index (χ0v) is 7.10. The van der Waals surface area contributed by atoms with Crippen LogP contribution in [-0.2, 0) is 6.54 Å². The Balaban J connectivity index is 2.87. The van der Waals surface area contributed by atoms with Gasteiger partial charge in [0.1, 0.15) is 6.54 Å². The van der Waals surface area contributed by atoms with Crippen molar-refractivity contribution < 1.29 is 14.5 Å². The molecule has 60 valence electrons. The molecule has 0 bridgehead atoms. The number of nitrogens with zero attached hydrogens (tertiary/aromatic N) is 1. The molecule has 1 N–H and O–H groups in total. The number of rotatable bonds is 3. The molecule has 0 aliphatic heterocycles. The molecule has 0 aliphatic rings. The fourth-order valence-electron chi connectivity index (χ4n) is 0.894. The molecule has 0 radical (unpaired) electrons. The van der Waals surface area contributed by atoms with Gasteiger partial charge in [-0.25, -0.2) is 4.79 Å². The fraction of sp³-hybridized carbons (Fsp3) is 0.429. The van der Waals surface area contributed by atoms with Crippen molar-refractivity contribution in [3.63, 3.8) is 0 Å². The molecular weight excluding hydrogens is 162 g/mol. The third-order valence-electron chi connectivity index (χ3n) is 1.33. The summed E-state index contributed by atoms with van der Waals surface area (Å²) in [7, 11) is 0. The molecule has 0 saturated heterocycles. The summed E-state index contributed by atoms with van der Waals surface area (Å²) in [4.78, 5) is 10.5. The highest BCUT2D eigenvalue weighted by molar-refractivity contribution is 7.11. The number of carboxylic acids is 1. The van der Waals surface area contributed by atoms with Crippen molar-refractivity contribution in [3.8, 4) is 0 Å². The van der Waals surface area contributed by atoms with E-state index in [1.54, 1.807) is 16.1 Å². The van der Waals surface area contributed by atoms with Crippen molar-refractivity contribution in [2.45, 2.75) is 19.9 Å². The van der Waals surface area contributed by atoms with Gasteiger partial charge in [-0.2, -0.15) is 4.57 Å². The highest BCUT2D eigenvalue weighted by Gasteiger charge is 2.18. The second-order valence-corrected chi connectivity index (χ2v) is 3.10. The summed E-state index contributed by atoms with van der Waals surface area (Å²) in [5, 5.41) is 10.9. The summed E-state index contributed by atoms with van der Waals surface area (Å²) < 4.78 is 1.76. The third-order valence-corrected chi connectivity index (χ3v) is 2.22. The number of hydrogen-bond acceptors (Lipinski definition) is 2. The molecule has 1 rings (SSSR count). The van der Waals surface area contributed by atoms with Crippen LogP contribution in [-0.4, -0.2) is 11.1 Å². The number of carboxylic acid groups (broad SMARTS) is 1. The number of aryl methyl sites for hydroxylation is 1. The molecule has 0 aliphatic carbocycles. The molecule has 0 amide bonds. The van der Waals surface area contributed by atoms with E-state index in [9.17, 15) is 4.79 Å². The quantitative estimate of drug-likeness (QED) is 0.695. The van der Waals surface area contributed by atoms with Gasteiger partial charge in [-0.1, -0.05) is 18.3 Å². The Morgan fingerprint density at radius 3 is 3.09 bits per heavy atom. The number of carbonyl (C=O) groups is 1. The maximum absolute atomic E-state index is 10.5. The van der Waals surface area contributed by atoms with Crippen molar-refractivity contribution in [3.05, 3.63) is 16.6 Å². The maximum Gasteiger partial charge on any atom is 0.412 e. The second kappa shape index (κ2) is 3.48. The van der Waals surface area contributed by atoms with Gasteiger partial charge in [-0.3, -0.25) is 0 Å². The van der Waals surface area contributed by atoms with Crippen LogP contribution in [0.4, 0.5) is 0 Å². The van der Waals surface area contributed by atoms with E-state index in [1.165, 1.54) is 11.3 Å². The smallest absolute Gasteiger partial charge is 0.412 e.